The van der Waals surface area contributed by atoms with Gasteiger partial charge in [-0.3, -0.25) is 0 Å². The van der Waals surface area contributed by atoms with E-state index in [1.807, 2.05) is 19.1 Å². The normalized spacial score (nSPS) is 13.0. The molecular weight excluding hydrogens is 248 g/mol. The molecular formula is C7H6BrClOS. The summed E-state index contributed by atoms with van der Waals surface area (Å²) in [5, 5.41) is 0. The Balaban J connectivity index is 3.20. The second-order valence-corrected chi connectivity index (χ2v) is 4.78. The first-order valence-corrected chi connectivity index (χ1v) is 5.72. The van der Waals surface area contributed by atoms with Crippen LogP contribution < -0.4 is 0 Å². The molecule has 0 aliphatic heterocycles. The quantitative estimate of drug-likeness (QED) is 0.703. The summed E-state index contributed by atoms with van der Waals surface area (Å²) in [5.74, 6) is 0. The van der Waals surface area contributed by atoms with Gasteiger partial charge in [-0.05, 0) is 41.4 Å². The van der Waals surface area contributed by atoms with E-state index < -0.39 is 10.0 Å². The van der Waals surface area contributed by atoms with Gasteiger partial charge in [0.2, 0.25) is 0 Å². The van der Waals surface area contributed by atoms with E-state index in [0.29, 0.717) is 4.90 Å². The fraction of sp³-hybridized carbons (Fsp3) is 0.143. The molecule has 0 bridgehead atoms. The SMILES string of the molecule is Cc1cc(Br)ccc1S(=O)Cl. The van der Waals surface area contributed by atoms with Crippen LogP contribution in [-0.4, -0.2) is 4.21 Å². The van der Waals surface area contributed by atoms with Gasteiger partial charge in [0.05, 0.1) is 4.90 Å². The molecule has 0 fully saturated rings. The lowest BCUT2D eigenvalue weighted by molar-refractivity contribution is 0.691. The van der Waals surface area contributed by atoms with Gasteiger partial charge >= 0.3 is 0 Å². The predicted molar refractivity (Wildman–Crippen MR) is 51.1 cm³/mol. The minimum absolute atomic E-state index is 0.676. The van der Waals surface area contributed by atoms with E-state index in [4.69, 9.17) is 10.7 Å². The third-order valence-electron chi connectivity index (χ3n) is 1.31. The van der Waals surface area contributed by atoms with Gasteiger partial charge in [-0.25, -0.2) is 4.21 Å². The predicted octanol–water partition coefficient (Wildman–Crippen LogP) is 3.02. The maximum absolute atomic E-state index is 10.8. The Morgan fingerprint density at radius 1 is 1.55 bits per heavy atom. The van der Waals surface area contributed by atoms with Crippen molar-refractivity contribution in [2.45, 2.75) is 11.8 Å². The molecule has 0 radical (unpaired) electrons. The van der Waals surface area contributed by atoms with Crippen molar-refractivity contribution in [3.8, 4) is 0 Å². The van der Waals surface area contributed by atoms with Gasteiger partial charge in [0.25, 0.3) is 0 Å². The van der Waals surface area contributed by atoms with E-state index in [2.05, 4.69) is 15.9 Å². The first kappa shape index (κ1) is 9.23. The molecule has 0 amide bonds. The Labute approximate surface area is 80.8 Å². The number of rotatable bonds is 1. The zero-order valence-electron chi connectivity index (χ0n) is 5.80. The maximum atomic E-state index is 10.8. The van der Waals surface area contributed by atoms with Crippen LogP contribution in [0.2, 0.25) is 0 Å². The van der Waals surface area contributed by atoms with Crippen LogP contribution in [0.4, 0.5) is 0 Å². The van der Waals surface area contributed by atoms with E-state index in [9.17, 15) is 4.21 Å². The van der Waals surface area contributed by atoms with Crippen molar-refractivity contribution in [3.63, 3.8) is 0 Å². The first-order chi connectivity index (χ1) is 5.11. The molecule has 1 aromatic carbocycles. The van der Waals surface area contributed by atoms with E-state index in [0.717, 1.165) is 10.0 Å². The summed E-state index contributed by atoms with van der Waals surface area (Å²) in [4.78, 5) is 0.676. The first-order valence-electron chi connectivity index (χ1n) is 2.95. The summed E-state index contributed by atoms with van der Waals surface area (Å²) in [6.45, 7) is 1.88. The van der Waals surface area contributed by atoms with Crippen molar-refractivity contribution < 1.29 is 4.21 Å². The molecule has 0 spiro atoms. The monoisotopic (exact) mass is 252 g/mol. The van der Waals surface area contributed by atoms with Crippen LogP contribution >= 0.6 is 26.6 Å². The Morgan fingerprint density at radius 3 is 2.64 bits per heavy atom. The molecule has 4 heteroatoms. The molecule has 0 saturated carbocycles. The minimum atomic E-state index is -1.40. The van der Waals surface area contributed by atoms with Gasteiger partial charge in [0.15, 0.2) is 0 Å². The smallest absolute Gasteiger partial charge is 0.147 e. The summed E-state index contributed by atoms with van der Waals surface area (Å²) in [7, 11) is 4.02. The largest absolute Gasteiger partial charge is 0.237 e. The Kier molecular flexibility index (Phi) is 3.10. The van der Waals surface area contributed by atoms with Gasteiger partial charge < -0.3 is 0 Å². The highest BCUT2D eigenvalue weighted by atomic mass is 79.9. The molecule has 0 aliphatic carbocycles. The standard InChI is InChI=1S/C7H6BrClOS/c1-5-4-6(8)2-3-7(5)11(9)10/h2-4H,1H3. The summed E-state index contributed by atoms with van der Waals surface area (Å²) in [5.41, 5.74) is 0.938. The summed E-state index contributed by atoms with van der Waals surface area (Å²) in [6.07, 6.45) is 0. The minimum Gasteiger partial charge on any atom is -0.237 e. The van der Waals surface area contributed by atoms with Crippen LogP contribution in [0, 0.1) is 6.92 Å². The van der Waals surface area contributed by atoms with Crippen molar-refractivity contribution in [3.05, 3.63) is 28.2 Å². The highest BCUT2D eigenvalue weighted by Gasteiger charge is 2.03. The molecule has 0 saturated heterocycles. The highest BCUT2D eigenvalue weighted by molar-refractivity contribution is 9.10. The second kappa shape index (κ2) is 3.70. The lowest BCUT2D eigenvalue weighted by Gasteiger charge is -1.99. The van der Waals surface area contributed by atoms with Crippen LogP contribution in [0.1, 0.15) is 5.56 Å². The molecule has 0 N–H and O–H groups in total. The zero-order valence-corrected chi connectivity index (χ0v) is 8.96. The van der Waals surface area contributed by atoms with Gasteiger partial charge in [-0.2, -0.15) is 0 Å². The molecule has 0 aliphatic rings. The molecule has 11 heavy (non-hydrogen) atoms. The molecule has 1 atom stereocenters. The van der Waals surface area contributed by atoms with Crippen LogP contribution in [0.5, 0.6) is 0 Å². The zero-order chi connectivity index (χ0) is 8.43. The number of halogens is 2. The lowest BCUT2D eigenvalue weighted by atomic mass is 10.2. The lowest BCUT2D eigenvalue weighted by Crippen LogP contribution is -1.85. The average molecular weight is 254 g/mol. The number of hydrogen-bond acceptors (Lipinski definition) is 1. The van der Waals surface area contributed by atoms with E-state index in [1.165, 1.54) is 0 Å². The second-order valence-electron chi connectivity index (χ2n) is 2.13. The number of hydrogen-bond donors (Lipinski definition) is 0. The molecule has 1 rings (SSSR count). The Morgan fingerprint density at radius 2 is 2.18 bits per heavy atom. The van der Waals surface area contributed by atoms with Gasteiger partial charge in [0.1, 0.15) is 10.0 Å². The van der Waals surface area contributed by atoms with Gasteiger partial charge in [0, 0.05) is 4.47 Å². The van der Waals surface area contributed by atoms with Crippen LogP contribution in [0.3, 0.4) is 0 Å². The van der Waals surface area contributed by atoms with Crippen molar-refractivity contribution in [1.29, 1.82) is 0 Å². The molecule has 0 heterocycles. The fourth-order valence-electron chi connectivity index (χ4n) is 0.793. The third-order valence-corrected chi connectivity index (χ3v) is 3.11. The number of aryl methyl sites for hydroxylation is 1. The summed E-state index contributed by atoms with van der Waals surface area (Å²) >= 11 is 3.30. The summed E-state index contributed by atoms with van der Waals surface area (Å²) in [6, 6.07) is 5.46. The maximum Gasteiger partial charge on any atom is 0.147 e. The Hall–Kier alpha value is 0.140. The van der Waals surface area contributed by atoms with E-state index >= 15 is 0 Å². The third kappa shape index (κ3) is 2.29. The fourth-order valence-corrected chi connectivity index (χ4v) is 2.27. The topological polar surface area (TPSA) is 17.1 Å². The van der Waals surface area contributed by atoms with E-state index in [-0.39, 0.29) is 0 Å². The van der Waals surface area contributed by atoms with Crippen molar-refractivity contribution >= 4 is 36.6 Å². The van der Waals surface area contributed by atoms with Crippen molar-refractivity contribution in [2.75, 3.05) is 0 Å². The van der Waals surface area contributed by atoms with Crippen LogP contribution in [-0.2, 0) is 10.0 Å². The van der Waals surface area contributed by atoms with Crippen LogP contribution in [0.25, 0.3) is 0 Å². The van der Waals surface area contributed by atoms with Crippen LogP contribution in [0.15, 0.2) is 27.6 Å². The number of benzene rings is 1. The van der Waals surface area contributed by atoms with Gasteiger partial charge in [-0.1, -0.05) is 15.9 Å². The van der Waals surface area contributed by atoms with E-state index in [1.54, 1.807) is 6.07 Å². The average Bonchev–Trinajstić information content (AvgIpc) is 1.85. The summed E-state index contributed by atoms with van der Waals surface area (Å²) < 4.78 is 11.8. The van der Waals surface area contributed by atoms with Crippen molar-refractivity contribution in [1.82, 2.24) is 0 Å². The molecule has 0 aromatic heterocycles. The molecule has 1 unspecified atom stereocenters. The highest BCUT2D eigenvalue weighted by Crippen LogP contribution is 2.19. The molecule has 1 aromatic rings. The molecule has 1 nitrogen and oxygen atoms in total. The molecule has 60 valence electrons. The Bertz CT molecular complexity index is 300. The van der Waals surface area contributed by atoms with Crippen molar-refractivity contribution in [2.24, 2.45) is 0 Å². The van der Waals surface area contributed by atoms with Gasteiger partial charge in [-0.15, -0.1) is 0 Å².